The molecule has 2 rings (SSSR count). The molecule has 122 valence electrons. The Kier molecular flexibility index (Phi) is 6.82. The van der Waals surface area contributed by atoms with Crippen LogP contribution in [0.25, 0.3) is 0 Å². The van der Waals surface area contributed by atoms with Crippen molar-refractivity contribution < 1.29 is 9.90 Å². The molecule has 1 amide bonds. The highest BCUT2D eigenvalue weighted by atomic mass is 16.3. The number of amides is 1. The van der Waals surface area contributed by atoms with Gasteiger partial charge in [0.1, 0.15) is 0 Å². The predicted octanol–water partition coefficient (Wildman–Crippen LogP) is 2.98. The highest BCUT2D eigenvalue weighted by molar-refractivity contribution is 5.76. The van der Waals surface area contributed by atoms with Crippen molar-refractivity contribution in [3.63, 3.8) is 0 Å². The molecule has 23 heavy (non-hydrogen) atoms. The van der Waals surface area contributed by atoms with Crippen LogP contribution in [0.4, 0.5) is 0 Å². The van der Waals surface area contributed by atoms with E-state index < -0.39 is 0 Å². The SMILES string of the molecule is CC(CO)NC(=O)CC(Cc1ccccc1)Cc1ccccc1. The van der Waals surface area contributed by atoms with Crippen molar-refractivity contribution in [2.45, 2.75) is 32.2 Å². The summed E-state index contributed by atoms with van der Waals surface area (Å²) < 4.78 is 0. The van der Waals surface area contributed by atoms with Crippen LogP contribution in [0.3, 0.4) is 0 Å². The number of aliphatic hydroxyl groups excluding tert-OH is 1. The first kappa shape index (κ1) is 17.2. The number of benzene rings is 2. The zero-order valence-electron chi connectivity index (χ0n) is 13.6. The maximum Gasteiger partial charge on any atom is 0.220 e. The third-order valence-corrected chi connectivity index (χ3v) is 3.89. The van der Waals surface area contributed by atoms with Gasteiger partial charge in [0.05, 0.1) is 6.61 Å². The molecule has 1 atom stereocenters. The summed E-state index contributed by atoms with van der Waals surface area (Å²) in [5.41, 5.74) is 2.49. The van der Waals surface area contributed by atoms with Crippen LogP contribution in [-0.4, -0.2) is 23.7 Å². The van der Waals surface area contributed by atoms with Gasteiger partial charge in [0.2, 0.25) is 5.91 Å². The minimum atomic E-state index is -0.198. The molecule has 0 bridgehead atoms. The van der Waals surface area contributed by atoms with Crippen molar-refractivity contribution in [1.82, 2.24) is 5.32 Å². The number of hydrogen-bond acceptors (Lipinski definition) is 2. The van der Waals surface area contributed by atoms with Gasteiger partial charge in [-0.1, -0.05) is 60.7 Å². The van der Waals surface area contributed by atoms with Gasteiger partial charge in [-0.05, 0) is 36.8 Å². The molecule has 0 aliphatic heterocycles. The van der Waals surface area contributed by atoms with Gasteiger partial charge >= 0.3 is 0 Å². The average molecular weight is 311 g/mol. The Labute approximate surface area is 138 Å². The number of carbonyl (C=O) groups excluding carboxylic acids is 1. The van der Waals surface area contributed by atoms with Crippen molar-refractivity contribution in [1.29, 1.82) is 0 Å². The Morgan fingerprint density at radius 2 is 1.43 bits per heavy atom. The predicted molar refractivity (Wildman–Crippen MR) is 93.1 cm³/mol. The van der Waals surface area contributed by atoms with Gasteiger partial charge in [-0.15, -0.1) is 0 Å². The Morgan fingerprint density at radius 3 is 1.87 bits per heavy atom. The Balaban J connectivity index is 2.03. The molecule has 0 aromatic heterocycles. The molecule has 3 nitrogen and oxygen atoms in total. The highest BCUT2D eigenvalue weighted by Gasteiger charge is 2.16. The van der Waals surface area contributed by atoms with Gasteiger partial charge in [-0.25, -0.2) is 0 Å². The number of aliphatic hydroxyl groups is 1. The maximum absolute atomic E-state index is 12.2. The molecule has 0 saturated carbocycles. The lowest BCUT2D eigenvalue weighted by Crippen LogP contribution is -2.36. The van der Waals surface area contributed by atoms with Crippen molar-refractivity contribution >= 4 is 5.91 Å². The molecule has 1 unspecified atom stereocenters. The van der Waals surface area contributed by atoms with E-state index in [1.165, 1.54) is 11.1 Å². The van der Waals surface area contributed by atoms with Crippen molar-refractivity contribution in [3.8, 4) is 0 Å². The first-order valence-electron chi connectivity index (χ1n) is 8.15. The van der Waals surface area contributed by atoms with Crippen LogP contribution in [0.1, 0.15) is 24.5 Å². The largest absolute Gasteiger partial charge is 0.394 e. The van der Waals surface area contributed by atoms with Gasteiger partial charge in [-0.3, -0.25) is 4.79 Å². The highest BCUT2D eigenvalue weighted by Crippen LogP contribution is 2.18. The van der Waals surface area contributed by atoms with E-state index in [0.717, 1.165) is 12.8 Å². The summed E-state index contributed by atoms with van der Waals surface area (Å²) in [6, 6.07) is 20.3. The molecule has 3 heteroatoms. The zero-order chi connectivity index (χ0) is 16.5. The molecule has 0 aliphatic rings. The molecule has 0 aliphatic carbocycles. The lowest BCUT2D eigenvalue weighted by molar-refractivity contribution is -0.122. The quantitative estimate of drug-likeness (QED) is 0.787. The molecule has 0 saturated heterocycles. The fourth-order valence-corrected chi connectivity index (χ4v) is 2.75. The molecule has 0 radical (unpaired) electrons. The van der Waals surface area contributed by atoms with E-state index in [4.69, 9.17) is 5.11 Å². The second-order valence-corrected chi connectivity index (χ2v) is 6.10. The average Bonchev–Trinajstić information content (AvgIpc) is 2.56. The first-order valence-corrected chi connectivity index (χ1v) is 8.15. The van der Waals surface area contributed by atoms with E-state index in [2.05, 4.69) is 29.6 Å². The molecular formula is C20H25NO2. The maximum atomic E-state index is 12.2. The number of nitrogens with one attached hydrogen (secondary N) is 1. The van der Waals surface area contributed by atoms with Gasteiger partial charge in [0.15, 0.2) is 0 Å². The van der Waals surface area contributed by atoms with Crippen LogP contribution in [0.15, 0.2) is 60.7 Å². The second kappa shape index (κ2) is 9.11. The molecule has 2 N–H and O–H groups in total. The van der Waals surface area contributed by atoms with E-state index >= 15 is 0 Å². The summed E-state index contributed by atoms with van der Waals surface area (Å²) >= 11 is 0. The number of carbonyl (C=O) groups is 1. The molecule has 0 heterocycles. The van der Waals surface area contributed by atoms with Crippen molar-refractivity contribution in [2.24, 2.45) is 5.92 Å². The Hall–Kier alpha value is -2.13. The van der Waals surface area contributed by atoms with E-state index in [9.17, 15) is 4.79 Å². The summed E-state index contributed by atoms with van der Waals surface area (Å²) in [5.74, 6) is 0.245. The van der Waals surface area contributed by atoms with E-state index in [-0.39, 0.29) is 24.5 Å². The van der Waals surface area contributed by atoms with E-state index in [0.29, 0.717) is 6.42 Å². The fourth-order valence-electron chi connectivity index (χ4n) is 2.75. The number of rotatable bonds is 8. The van der Waals surface area contributed by atoms with Crippen molar-refractivity contribution in [3.05, 3.63) is 71.8 Å². The lowest BCUT2D eigenvalue weighted by Gasteiger charge is -2.18. The smallest absolute Gasteiger partial charge is 0.220 e. The summed E-state index contributed by atoms with van der Waals surface area (Å²) in [6.07, 6.45) is 2.21. The van der Waals surface area contributed by atoms with Crippen LogP contribution in [0, 0.1) is 5.92 Å². The van der Waals surface area contributed by atoms with Crippen LogP contribution in [0.5, 0.6) is 0 Å². The number of hydrogen-bond donors (Lipinski definition) is 2. The summed E-state index contributed by atoms with van der Waals surface area (Å²) in [4.78, 5) is 12.2. The third kappa shape index (κ3) is 6.25. The zero-order valence-corrected chi connectivity index (χ0v) is 13.6. The van der Waals surface area contributed by atoms with Crippen LogP contribution >= 0.6 is 0 Å². The molecule has 0 spiro atoms. The Bertz CT molecular complexity index is 542. The van der Waals surface area contributed by atoms with E-state index in [1.807, 2.05) is 36.4 Å². The molecule has 2 aromatic rings. The monoisotopic (exact) mass is 311 g/mol. The lowest BCUT2D eigenvalue weighted by atomic mass is 9.89. The van der Waals surface area contributed by atoms with Gasteiger partial charge in [0, 0.05) is 12.5 Å². The van der Waals surface area contributed by atoms with Gasteiger partial charge < -0.3 is 10.4 Å². The molecule has 0 fully saturated rings. The summed E-state index contributed by atoms with van der Waals surface area (Å²) in [6.45, 7) is 1.77. The van der Waals surface area contributed by atoms with Crippen LogP contribution in [0.2, 0.25) is 0 Å². The van der Waals surface area contributed by atoms with Gasteiger partial charge in [0.25, 0.3) is 0 Å². The van der Waals surface area contributed by atoms with Crippen LogP contribution in [-0.2, 0) is 17.6 Å². The topological polar surface area (TPSA) is 49.3 Å². The third-order valence-electron chi connectivity index (χ3n) is 3.89. The van der Waals surface area contributed by atoms with Crippen molar-refractivity contribution in [2.75, 3.05) is 6.61 Å². The fraction of sp³-hybridized carbons (Fsp3) is 0.350. The van der Waals surface area contributed by atoms with E-state index in [1.54, 1.807) is 6.92 Å². The van der Waals surface area contributed by atoms with Crippen LogP contribution < -0.4 is 5.32 Å². The second-order valence-electron chi connectivity index (χ2n) is 6.10. The standard InChI is InChI=1S/C20H25NO2/c1-16(15-22)21-20(23)14-19(12-17-8-4-2-5-9-17)13-18-10-6-3-7-11-18/h2-11,16,19,22H,12-15H2,1H3,(H,21,23). The molecular weight excluding hydrogens is 286 g/mol. The molecule has 2 aromatic carbocycles. The Morgan fingerprint density at radius 1 is 0.957 bits per heavy atom. The summed E-state index contributed by atoms with van der Waals surface area (Å²) in [5, 5.41) is 11.9. The minimum Gasteiger partial charge on any atom is -0.394 e. The summed E-state index contributed by atoms with van der Waals surface area (Å²) in [7, 11) is 0. The first-order chi connectivity index (χ1) is 11.2. The minimum absolute atomic E-state index is 0.00316. The van der Waals surface area contributed by atoms with Gasteiger partial charge in [-0.2, -0.15) is 0 Å². The normalized spacial score (nSPS) is 12.1.